The van der Waals surface area contributed by atoms with Crippen LogP contribution in [0, 0.1) is 0 Å². The van der Waals surface area contributed by atoms with E-state index in [-0.39, 0.29) is 24.5 Å². The van der Waals surface area contributed by atoms with Gasteiger partial charge in [-0.25, -0.2) is 0 Å². The molecule has 8 heteroatoms. The Morgan fingerprint density at radius 3 is 2.45 bits per heavy atom. The van der Waals surface area contributed by atoms with E-state index in [1.807, 2.05) is 58.3 Å². The van der Waals surface area contributed by atoms with Gasteiger partial charge in [0.1, 0.15) is 18.5 Å². The van der Waals surface area contributed by atoms with Gasteiger partial charge in [0.25, 0.3) is 5.91 Å². The normalized spacial score (nSPS) is 21.6. The molecule has 0 aliphatic carbocycles. The molecule has 8 nitrogen and oxygen atoms in total. The average molecular weight is 452 g/mol. The summed E-state index contributed by atoms with van der Waals surface area (Å²) in [6.45, 7) is 2.74. The number of benzene rings is 2. The van der Waals surface area contributed by atoms with Crippen LogP contribution >= 0.6 is 0 Å². The highest BCUT2D eigenvalue weighted by atomic mass is 16.6. The SMILES string of the molecule is O=C(CN1CC(C(=O)N2CCCCC2)Oc2ccccc21)NCC1COc2ccccc2O1. The maximum Gasteiger partial charge on any atom is 0.265 e. The second-order valence-electron chi connectivity index (χ2n) is 8.64. The van der Waals surface area contributed by atoms with E-state index in [0.29, 0.717) is 31.2 Å². The number of ether oxygens (including phenoxy) is 3. The lowest BCUT2D eigenvalue weighted by Crippen LogP contribution is -2.53. The van der Waals surface area contributed by atoms with Crippen molar-refractivity contribution in [3.63, 3.8) is 0 Å². The number of nitrogens with zero attached hydrogens (tertiary/aromatic N) is 2. The maximum atomic E-state index is 13.1. The van der Waals surface area contributed by atoms with E-state index in [1.54, 1.807) is 0 Å². The lowest BCUT2D eigenvalue weighted by atomic mass is 10.1. The van der Waals surface area contributed by atoms with Gasteiger partial charge in [-0.3, -0.25) is 9.59 Å². The van der Waals surface area contributed by atoms with E-state index >= 15 is 0 Å². The molecule has 1 fully saturated rings. The van der Waals surface area contributed by atoms with Gasteiger partial charge in [0.15, 0.2) is 17.6 Å². The quantitative estimate of drug-likeness (QED) is 0.751. The summed E-state index contributed by atoms with van der Waals surface area (Å²) in [5, 5.41) is 2.95. The van der Waals surface area contributed by atoms with Gasteiger partial charge >= 0.3 is 0 Å². The molecule has 2 amide bonds. The van der Waals surface area contributed by atoms with Crippen LogP contribution in [0.4, 0.5) is 5.69 Å². The largest absolute Gasteiger partial charge is 0.486 e. The third-order valence-corrected chi connectivity index (χ3v) is 6.23. The smallest absolute Gasteiger partial charge is 0.265 e. The van der Waals surface area contributed by atoms with Crippen LogP contribution in [-0.2, 0) is 9.59 Å². The third kappa shape index (κ3) is 4.84. The summed E-state index contributed by atoms with van der Waals surface area (Å²) in [5.74, 6) is 1.89. The van der Waals surface area contributed by atoms with Crippen LogP contribution < -0.4 is 24.4 Å². The number of hydrogen-bond acceptors (Lipinski definition) is 6. The average Bonchev–Trinajstić information content (AvgIpc) is 2.87. The summed E-state index contributed by atoms with van der Waals surface area (Å²) in [4.78, 5) is 29.7. The van der Waals surface area contributed by atoms with Gasteiger partial charge in [-0.05, 0) is 43.5 Å². The zero-order valence-corrected chi connectivity index (χ0v) is 18.6. The number of rotatable bonds is 5. The predicted octanol–water partition coefficient (Wildman–Crippen LogP) is 2.22. The van der Waals surface area contributed by atoms with Crippen LogP contribution in [0.15, 0.2) is 48.5 Å². The van der Waals surface area contributed by atoms with E-state index in [2.05, 4.69) is 5.32 Å². The number of nitrogens with one attached hydrogen (secondary N) is 1. The van der Waals surface area contributed by atoms with Gasteiger partial charge in [-0.2, -0.15) is 0 Å². The number of carbonyl (C=O) groups is 2. The van der Waals surface area contributed by atoms with E-state index in [1.165, 1.54) is 0 Å². The fraction of sp³-hybridized carbons (Fsp3) is 0.440. The molecule has 0 aromatic heterocycles. The van der Waals surface area contributed by atoms with E-state index in [4.69, 9.17) is 14.2 Å². The molecule has 0 radical (unpaired) electrons. The Morgan fingerprint density at radius 1 is 0.909 bits per heavy atom. The summed E-state index contributed by atoms with van der Waals surface area (Å²) < 4.78 is 17.7. The Bertz CT molecular complexity index is 1010. The zero-order valence-electron chi connectivity index (χ0n) is 18.6. The Morgan fingerprint density at radius 2 is 1.64 bits per heavy atom. The Balaban J connectivity index is 1.20. The molecule has 174 valence electrons. The predicted molar refractivity (Wildman–Crippen MR) is 123 cm³/mol. The number of anilines is 1. The summed E-state index contributed by atoms with van der Waals surface area (Å²) >= 11 is 0. The third-order valence-electron chi connectivity index (χ3n) is 6.23. The molecule has 1 N–H and O–H groups in total. The van der Waals surface area contributed by atoms with Crippen LogP contribution in [0.3, 0.4) is 0 Å². The summed E-state index contributed by atoms with van der Waals surface area (Å²) in [5.41, 5.74) is 0.821. The minimum atomic E-state index is -0.614. The number of likely N-dealkylation sites (tertiary alicyclic amines) is 1. The lowest BCUT2D eigenvalue weighted by Gasteiger charge is -2.38. The monoisotopic (exact) mass is 451 g/mol. The molecule has 3 aliphatic rings. The number of para-hydroxylation sites is 4. The molecule has 1 saturated heterocycles. The van der Waals surface area contributed by atoms with E-state index < -0.39 is 6.10 Å². The van der Waals surface area contributed by atoms with Gasteiger partial charge < -0.3 is 29.3 Å². The molecule has 0 saturated carbocycles. The number of hydrogen-bond donors (Lipinski definition) is 1. The van der Waals surface area contributed by atoms with Crippen LogP contribution in [0.1, 0.15) is 19.3 Å². The van der Waals surface area contributed by atoms with Gasteiger partial charge in [0, 0.05) is 13.1 Å². The van der Waals surface area contributed by atoms with Crippen LogP contribution in [0.25, 0.3) is 0 Å². The van der Waals surface area contributed by atoms with Gasteiger partial charge in [-0.15, -0.1) is 0 Å². The highest BCUT2D eigenvalue weighted by molar-refractivity contribution is 5.86. The van der Waals surface area contributed by atoms with Gasteiger partial charge in [0.2, 0.25) is 5.91 Å². The maximum absolute atomic E-state index is 13.1. The Labute approximate surface area is 193 Å². The second kappa shape index (κ2) is 9.60. The molecule has 0 bridgehead atoms. The molecule has 5 rings (SSSR count). The fourth-order valence-electron chi connectivity index (χ4n) is 4.52. The lowest BCUT2D eigenvalue weighted by molar-refractivity contribution is -0.139. The number of fused-ring (bicyclic) bond motifs is 2. The van der Waals surface area contributed by atoms with Crippen molar-refractivity contribution in [1.29, 1.82) is 0 Å². The van der Waals surface area contributed by atoms with Crippen molar-refractivity contribution in [1.82, 2.24) is 10.2 Å². The van der Waals surface area contributed by atoms with E-state index in [9.17, 15) is 9.59 Å². The fourth-order valence-corrected chi connectivity index (χ4v) is 4.52. The van der Waals surface area contributed by atoms with Crippen LogP contribution in [0.5, 0.6) is 17.2 Å². The highest BCUT2D eigenvalue weighted by Gasteiger charge is 2.34. The second-order valence-corrected chi connectivity index (χ2v) is 8.64. The molecule has 2 aromatic rings. The Hall–Kier alpha value is -3.42. The van der Waals surface area contributed by atoms with E-state index in [0.717, 1.165) is 43.8 Å². The first-order chi connectivity index (χ1) is 16.2. The molecule has 2 atom stereocenters. The molecule has 2 aromatic carbocycles. The first kappa shape index (κ1) is 21.4. The topological polar surface area (TPSA) is 80.3 Å². The minimum Gasteiger partial charge on any atom is -0.486 e. The van der Waals surface area contributed by atoms with Crippen molar-refractivity contribution in [2.24, 2.45) is 0 Å². The van der Waals surface area contributed by atoms with Crippen molar-refractivity contribution in [2.45, 2.75) is 31.5 Å². The standard InChI is InChI=1S/C25H29N3O5/c29-24(26-14-18-17-31-21-10-4-5-11-22(21)32-18)16-28-15-23(25(30)27-12-6-1-7-13-27)33-20-9-3-2-8-19(20)28/h2-5,8-11,18,23H,1,6-7,12-17H2,(H,26,29). The van der Waals surface area contributed by atoms with Gasteiger partial charge in [0.05, 0.1) is 25.3 Å². The molecular formula is C25H29N3O5. The molecule has 33 heavy (non-hydrogen) atoms. The number of carbonyl (C=O) groups excluding carboxylic acids is 2. The van der Waals surface area contributed by atoms with Crippen LogP contribution in [0.2, 0.25) is 0 Å². The molecule has 2 unspecified atom stereocenters. The van der Waals surface area contributed by atoms with Crippen molar-refractivity contribution in [2.75, 3.05) is 44.2 Å². The summed E-state index contributed by atoms with van der Waals surface area (Å²) in [6, 6.07) is 15.1. The summed E-state index contributed by atoms with van der Waals surface area (Å²) in [6.07, 6.45) is 2.34. The van der Waals surface area contributed by atoms with Crippen molar-refractivity contribution in [3.8, 4) is 17.2 Å². The minimum absolute atomic E-state index is 0.000955. The molecule has 3 aliphatic heterocycles. The van der Waals surface area contributed by atoms with Crippen molar-refractivity contribution in [3.05, 3.63) is 48.5 Å². The summed E-state index contributed by atoms with van der Waals surface area (Å²) in [7, 11) is 0. The number of piperidine rings is 1. The first-order valence-electron chi connectivity index (χ1n) is 11.6. The number of amides is 2. The zero-order chi connectivity index (χ0) is 22.6. The van der Waals surface area contributed by atoms with Gasteiger partial charge in [-0.1, -0.05) is 24.3 Å². The molecule has 3 heterocycles. The van der Waals surface area contributed by atoms with Crippen molar-refractivity contribution < 1.29 is 23.8 Å². The molecular weight excluding hydrogens is 422 g/mol. The van der Waals surface area contributed by atoms with Crippen molar-refractivity contribution >= 4 is 17.5 Å². The van der Waals surface area contributed by atoms with Crippen LogP contribution in [-0.4, -0.2) is 68.3 Å². The first-order valence-corrected chi connectivity index (χ1v) is 11.6. The highest BCUT2D eigenvalue weighted by Crippen LogP contribution is 2.34. The Kier molecular flexibility index (Phi) is 6.24. The molecule has 0 spiro atoms.